The van der Waals surface area contributed by atoms with Gasteiger partial charge in [-0.15, -0.1) is 11.3 Å². The molecule has 1 aliphatic carbocycles. The van der Waals surface area contributed by atoms with Gasteiger partial charge in [-0.05, 0) is 51.7 Å². The first-order valence-electron chi connectivity index (χ1n) is 7.24. The molecular formula is C14H22N2O2S2. The van der Waals surface area contributed by atoms with Gasteiger partial charge in [0.15, 0.2) is 0 Å². The van der Waals surface area contributed by atoms with E-state index in [9.17, 15) is 8.42 Å². The third-order valence-corrected chi connectivity index (χ3v) is 7.81. The van der Waals surface area contributed by atoms with E-state index in [1.807, 2.05) is 19.9 Å². The molecular weight excluding hydrogens is 292 g/mol. The molecule has 20 heavy (non-hydrogen) atoms. The molecule has 2 heterocycles. The van der Waals surface area contributed by atoms with Gasteiger partial charge >= 0.3 is 0 Å². The Hall–Kier alpha value is -0.430. The number of hydrogen-bond donors (Lipinski definition) is 1. The quantitative estimate of drug-likeness (QED) is 0.909. The van der Waals surface area contributed by atoms with Gasteiger partial charge in [0.1, 0.15) is 4.21 Å². The van der Waals surface area contributed by atoms with E-state index in [0.29, 0.717) is 16.8 Å². The summed E-state index contributed by atoms with van der Waals surface area (Å²) in [4.78, 5) is 1.10. The molecule has 1 N–H and O–H groups in total. The maximum absolute atomic E-state index is 12.7. The molecule has 2 aliphatic rings. The van der Waals surface area contributed by atoms with Crippen LogP contribution in [0.15, 0.2) is 16.3 Å². The van der Waals surface area contributed by atoms with E-state index >= 15 is 0 Å². The monoisotopic (exact) mass is 314 g/mol. The summed E-state index contributed by atoms with van der Waals surface area (Å²) in [7, 11) is -3.32. The van der Waals surface area contributed by atoms with Crippen molar-refractivity contribution in [3.8, 4) is 0 Å². The Balaban J connectivity index is 1.76. The van der Waals surface area contributed by atoms with E-state index in [4.69, 9.17) is 0 Å². The van der Waals surface area contributed by atoms with E-state index in [1.54, 1.807) is 10.4 Å². The third kappa shape index (κ3) is 2.79. The number of hydrogen-bond acceptors (Lipinski definition) is 4. The van der Waals surface area contributed by atoms with Crippen LogP contribution in [0.1, 0.15) is 44.4 Å². The van der Waals surface area contributed by atoms with Crippen molar-refractivity contribution in [3.63, 3.8) is 0 Å². The van der Waals surface area contributed by atoms with Gasteiger partial charge in [-0.3, -0.25) is 0 Å². The molecule has 0 bridgehead atoms. The van der Waals surface area contributed by atoms with Crippen LogP contribution < -0.4 is 5.32 Å². The van der Waals surface area contributed by atoms with Crippen molar-refractivity contribution < 1.29 is 8.42 Å². The molecule has 0 unspecified atom stereocenters. The predicted molar refractivity (Wildman–Crippen MR) is 81.4 cm³/mol. The summed E-state index contributed by atoms with van der Waals surface area (Å²) in [5, 5.41) is 3.43. The summed E-state index contributed by atoms with van der Waals surface area (Å²) in [5.41, 5.74) is -0.255. The molecule has 1 aromatic heterocycles. The zero-order chi connectivity index (χ0) is 14.4. The van der Waals surface area contributed by atoms with Crippen LogP contribution in [0.4, 0.5) is 0 Å². The highest BCUT2D eigenvalue weighted by molar-refractivity contribution is 7.91. The largest absolute Gasteiger partial charge is 0.309 e. The van der Waals surface area contributed by atoms with E-state index in [0.717, 1.165) is 24.3 Å². The molecule has 0 spiro atoms. The zero-order valence-electron chi connectivity index (χ0n) is 12.1. The van der Waals surface area contributed by atoms with E-state index in [1.165, 1.54) is 24.2 Å². The second-order valence-corrected chi connectivity index (χ2v) is 9.63. The van der Waals surface area contributed by atoms with Gasteiger partial charge in [0.25, 0.3) is 10.0 Å². The summed E-state index contributed by atoms with van der Waals surface area (Å²) in [6.45, 7) is 5.46. The summed E-state index contributed by atoms with van der Waals surface area (Å²) in [5.74, 6) is 0. The Morgan fingerprint density at radius 1 is 1.40 bits per heavy atom. The maximum Gasteiger partial charge on any atom is 0.253 e. The van der Waals surface area contributed by atoms with Crippen LogP contribution in [-0.4, -0.2) is 30.8 Å². The van der Waals surface area contributed by atoms with Crippen LogP contribution >= 0.6 is 11.3 Å². The van der Waals surface area contributed by atoms with Gasteiger partial charge in [0.05, 0.1) is 0 Å². The van der Waals surface area contributed by atoms with E-state index in [-0.39, 0.29) is 5.54 Å². The number of nitrogens with one attached hydrogen (secondary N) is 1. The highest BCUT2D eigenvalue weighted by Gasteiger charge is 2.41. The molecule has 4 nitrogen and oxygen atoms in total. The fourth-order valence-corrected chi connectivity index (χ4v) is 6.03. The Morgan fingerprint density at radius 3 is 2.75 bits per heavy atom. The minimum Gasteiger partial charge on any atom is -0.309 e. The number of sulfonamides is 1. The minimum absolute atomic E-state index is 0.255. The second-order valence-electron chi connectivity index (χ2n) is 6.37. The van der Waals surface area contributed by atoms with Crippen molar-refractivity contribution in [1.29, 1.82) is 0 Å². The lowest BCUT2D eigenvalue weighted by Crippen LogP contribution is -2.42. The summed E-state index contributed by atoms with van der Waals surface area (Å²) in [6, 6.07) is 4.35. The van der Waals surface area contributed by atoms with Gasteiger partial charge in [-0.2, -0.15) is 4.31 Å². The van der Waals surface area contributed by atoms with Crippen LogP contribution in [0.3, 0.4) is 0 Å². The molecule has 0 aromatic carbocycles. The standard InChI is InChI=1S/C14H22N2O2S2/c1-14(2)8-3-9-16(14)20(17,18)13-7-6-12(19-13)10-15-11-4-5-11/h6-7,11,15H,3-5,8-10H2,1-2H3. The normalized spacial score (nSPS) is 23.3. The van der Waals surface area contributed by atoms with Crippen molar-refractivity contribution in [2.24, 2.45) is 0 Å². The smallest absolute Gasteiger partial charge is 0.253 e. The topological polar surface area (TPSA) is 49.4 Å². The van der Waals surface area contributed by atoms with Crippen LogP contribution in [0.25, 0.3) is 0 Å². The van der Waals surface area contributed by atoms with Crippen molar-refractivity contribution in [2.45, 2.75) is 61.9 Å². The number of rotatable bonds is 5. The number of nitrogens with zero attached hydrogens (tertiary/aromatic N) is 1. The molecule has 112 valence electrons. The van der Waals surface area contributed by atoms with Crippen molar-refractivity contribution in [3.05, 3.63) is 17.0 Å². The van der Waals surface area contributed by atoms with Gasteiger partial charge < -0.3 is 5.32 Å². The average Bonchev–Trinajstić information content (AvgIpc) is 2.93. The van der Waals surface area contributed by atoms with Crippen molar-refractivity contribution in [2.75, 3.05) is 6.54 Å². The first-order valence-corrected chi connectivity index (χ1v) is 9.50. The SMILES string of the molecule is CC1(C)CCCN1S(=O)(=O)c1ccc(CNC2CC2)s1. The first-order chi connectivity index (χ1) is 9.39. The van der Waals surface area contributed by atoms with Crippen LogP contribution in [0.2, 0.25) is 0 Å². The lowest BCUT2D eigenvalue weighted by molar-refractivity contribution is 0.292. The zero-order valence-corrected chi connectivity index (χ0v) is 13.7. The Kier molecular flexibility index (Phi) is 3.69. The molecule has 0 amide bonds. The second kappa shape index (κ2) is 5.09. The molecule has 1 aliphatic heterocycles. The fraction of sp³-hybridized carbons (Fsp3) is 0.714. The lowest BCUT2D eigenvalue weighted by atomic mass is 10.0. The van der Waals surface area contributed by atoms with Gasteiger partial charge in [0, 0.05) is 29.5 Å². The van der Waals surface area contributed by atoms with Crippen molar-refractivity contribution >= 4 is 21.4 Å². The molecule has 6 heteroatoms. The molecule has 1 saturated carbocycles. The highest BCUT2D eigenvalue weighted by Crippen LogP contribution is 2.36. The maximum atomic E-state index is 12.7. The first kappa shape index (κ1) is 14.5. The molecule has 0 atom stereocenters. The molecule has 1 aromatic rings. The van der Waals surface area contributed by atoms with Crippen LogP contribution in [0, 0.1) is 0 Å². The van der Waals surface area contributed by atoms with Crippen LogP contribution in [0.5, 0.6) is 0 Å². The van der Waals surface area contributed by atoms with Gasteiger partial charge in [0.2, 0.25) is 0 Å². The predicted octanol–water partition coefficient (Wildman–Crippen LogP) is 2.56. The minimum atomic E-state index is -3.32. The van der Waals surface area contributed by atoms with Crippen molar-refractivity contribution in [1.82, 2.24) is 9.62 Å². The molecule has 1 saturated heterocycles. The van der Waals surface area contributed by atoms with E-state index < -0.39 is 10.0 Å². The Labute approximate surface area is 125 Å². The highest BCUT2D eigenvalue weighted by atomic mass is 32.2. The lowest BCUT2D eigenvalue weighted by Gasteiger charge is -2.29. The van der Waals surface area contributed by atoms with E-state index in [2.05, 4.69) is 5.32 Å². The van der Waals surface area contributed by atoms with Crippen LogP contribution in [-0.2, 0) is 16.6 Å². The number of thiophene rings is 1. The Morgan fingerprint density at radius 2 is 2.15 bits per heavy atom. The summed E-state index contributed by atoms with van der Waals surface area (Å²) in [6.07, 6.45) is 4.39. The summed E-state index contributed by atoms with van der Waals surface area (Å²) >= 11 is 1.41. The third-order valence-electron chi connectivity index (χ3n) is 4.15. The fourth-order valence-electron chi connectivity index (χ4n) is 2.76. The van der Waals surface area contributed by atoms with Gasteiger partial charge in [-0.25, -0.2) is 8.42 Å². The van der Waals surface area contributed by atoms with Gasteiger partial charge in [-0.1, -0.05) is 0 Å². The molecule has 0 radical (unpaired) electrons. The average molecular weight is 314 g/mol. The molecule has 3 rings (SSSR count). The summed E-state index contributed by atoms with van der Waals surface area (Å²) < 4.78 is 27.6. The Bertz CT molecular complexity index is 588. The molecule has 2 fully saturated rings.